The molecule has 0 aliphatic carbocycles. The van der Waals surface area contributed by atoms with Crippen molar-refractivity contribution in [1.82, 2.24) is 15.2 Å². The van der Waals surface area contributed by atoms with Gasteiger partial charge in [-0.05, 0) is 60.7 Å². The minimum absolute atomic E-state index is 0.498. The molecule has 9 heteroatoms. The second-order valence-corrected chi connectivity index (χ2v) is 8.02. The van der Waals surface area contributed by atoms with E-state index < -0.39 is 11.8 Å². The van der Waals surface area contributed by atoms with Gasteiger partial charge in [0.15, 0.2) is 0 Å². The molecule has 4 aromatic rings. The summed E-state index contributed by atoms with van der Waals surface area (Å²) in [7, 11) is 1.60. The van der Waals surface area contributed by atoms with Crippen LogP contribution in [0.3, 0.4) is 0 Å². The van der Waals surface area contributed by atoms with E-state index in [1.807, 2.05) is 54.6 Å². The van der Waals surface area contributed by atoms with Crippen LogP contribution in [-0.4, -0.2) is 34.9 Å². The zero-order valence-electron chi connectivity index (χ0n) is 18.1. The Morgan fingerprint density at radius 3 is 2.35 bits per heavy atom. The molecular formula is C25H20BrN5O3. The van der Waals surface area contributed by atoms with Crippen molar-refractivity contribution in [2.45, 2.75) is 0 Å². The first-order valence-electron chi connectivity index (χ1n) is 10.2. The largest absolute Gasteiger partial charge is 0.497 e. The molecule has 0 radical (unpaired) electrons. The highest BCUT2D eigenvalue weighted by molar-refractivity contribution is 9.10. The molecule has 170 valence electrons. The van der Waals surface area contributed by atoms with Gasteiger partial charge < -0.3 is 10.1 Å². The van der Waals surface area contributed by atoms with Crippen molar-refractivity contribution < 1.29 is 14.3 Å². The third kappa shape index (κ3) is 5.57. The van der Waals surface area contributed by atoms with Gasteiger partial charge in [0.2, 0.25) is 0 Å². The lowest BCUT2D eigenvalue weighted by Gasteiger charge is -2.04. The average molecular weight is 518 g/mol. The smallest absolute Gasteiger partial charge is 0.329 e. The molecule has 0 saturated heterocycles. The van der Waals surface area contributed by atoms with Crippen LogP contribution in [0.5, 0.6) is 5.75 Å². The fraction of sp³-hybridized carbons (Fsp3) is 0.0400. The molecule has 3 aromatic carbocycles. The van der Waals surface area contributed by atoms with Gasteiger partial charge in [0.05, 0.1) is 19.0 Å². The number of halogens is 1. The molecule has 0 aliphatic heterocycles. The fourth-order valence-electron chi connectivity index (χ4n) is 3.10. The molecule has 0 saturated carbocycles. The van der Waals surface area contributed by atoms with E-state index in [9.17, 15) is 9.59 Å². The third-order valence-corrected chi connectivity index (χ3v) is 5.33. The molecule has 1 aromatic heterocycles. The van der Waals surface area contributed by atoms with Crippen LogP contribution in [0.4, 0.5) is 5.69 Å². The summed E-state index contributed by atoms with van der Waals surface area (Å²) >= 11 is 3.32. The number of nitrogens with one attached hydrogen (secondary N) is 2. The van der Waals surface area contributed by atoms with Gasteiger partial charge in [-0.3, -0.25) is 9.59 Å². The zero-order chi connectivity index (χ0) is 23.9. The van der Waals surface area contributed by atoms with Crippen LogP contribution in [0.15, 0.2) is 94.6 Å². The van der Waals surface area contributed by atoms with Crippen LogP contribution in [-0.2, 0) is 9.59 Å². The van der Waals surface area contributed by atoms with Gasteiger partial charge in [0.25, 0.3) is 0 Å². The SMILES string of the molecule is COc1ccc(-c2nn(-c3ccccc3)cc2/C=N\NC(=O)C(=O)Nc2ccc(Br)cc2)cc1. The van der Waals surface area contributed by atoms with Crippen LogP contribution in [0.25, 0.3) is 16.9 Å². The molecule has 8 nitrogen and oxygen atoms in total. The average Bonchev–Trinajstić information content (AvgIpc) is 3.30. The Morgan fingerprint density at radius 1 is 0.971 bits per heavy atom. The Labute approximate surface area is 204 Å². The first kappa shape index (κ1) is 22.9. The number of para-hydroxylation sites is 1. The minimum Gasteiger partial charge on any atom is -0.497 e. The number of amides is 2. The number of rotatable bonds is 6. The Kier molecular flexibility index (Phi) is 7.14. The molecule has 0 atom stereocenters. The van der Waals surface area contributed by atoms with E-state index >= 15 is 0 Å². The van der Waals surface area contributed by atoms with Crippen LogP contribution < -0.4 is 15.5 Å². The molecule has 34 heavy (non-hydrogen) atoms. The van der Waals surface area contributed by atoms with E-state index in [1.165, 1.54) is 6.21 Å². The number of ether oxygens (including phenoxy) is 1. The van der Waals surface area contributed by atoms with Crippen molar-refractivity contribution in [3.05, 3.63) is 95.1 Å². The second-order valence-electron chi connectivity index (χ2n) is 7.10. The standard InChI is InChI=1S/C25H20BrN5O3/c1-34-22-13-7-17(8-14-22)23-18(16-31(30-23)21-5-3-2-4-6-21)15-27-29-25(33)24(32)28-20-11-9-19(26)10-12-20/h2-16H,1H3,(H,28,32)(H,29,33)/b27-15-. The van der Waals surface area contributed by atoms with E-state index in [2.05, 4.69) is 31.8 Å². The zero-order valence-corrected chi connectivity index (χ0v) is 19.7. The van der Waals surface area contributed by atoms with Gasteiger partial charge in [-0.1, -0.05) is 34.1 Å². The number of hydrogen-bond donors (Lipinski definition) is 2. The van der Waals surface area contributed by atoms with E-state index in [-0.39, 0.29) is 0 Å². The van der Waals surface area contributed by atoms with Crippen LogP contribution >= 0.6 is 15.9 Å². The van der Waals surface area contributed by atoms with Gasteiger partial charge in [-0.2, -0.15) is 10.2 Å². The van der Waals surface area contributed by atoms with E-state index in [0.717, 1.165) is 21.5 Å². The summed E-state index contributed by atoms with van der Waals surface area (Å²) in [6.07, 6.45) is 3.25. The lowest BCUT2D eigenvalue weighted by atomic mass is 10.1. The summed E-state index contributed by atoms with van der Waals surface area (Å²) < 4.78 is 7.82. The highest BCUT2D eigenvalue weighted by Gasteiger charge is 2.14. The predicted octanol–water partition coefficient (Wildman–Crippen LogP) is 4.40. The maximum atomic E-state index is 12.2. The summed E-state index contributed by atoms with van der Waals surface area (Å²) in [6, 6.07) is 24.0. The summed E-state index contributed by atoms with van der Waals surface area (Å²) in [5.41, 5.74) is 5.78. The molecule has 0 unspecified atom stereocenters. The molecule has 0 spiro atoms. The number of aromatic nitrogens is 2. The number of hydrogen-bond acceptors (Lipinski definition) is 5. The maximum absolute atomic E-state index is 12.2. The first-order chi connectivity index (χ1) is 16.5. The van der Waals surface area contributed by atoms with Crippen molar-refractivity contribution >= 4 is 39.6 Å². The van der Waals surface area contributed by atoms with Crippen molar-refractivity contribution in [3.8, 4) is 22.7 Å². The Bertz CT molecular complexity index is 1320. The van der Waals surface area contributed by atoms with Gasteiger partial charge >= 0.3 is 11.8 Å². The highest BCUT2D eigenvalue weighted by atomic mass is 79.9. The Balaban J connectivity index is 1.53. The Morgan fingerprint density at radius 2 is 1.68 bits per heavy atom. The van der Waals surface area contributed by atoms with E-state index in [4.69, 9.17) is 9.84 Å². The van der Waals surface area contributed by atoms with Crippen molar-refractivity contribution in [2.75, 3.05) is 12.4 Å². The highest BCUT2D eigenvalue weighted by Crippen LogP contribution is 2.25. The van der Waals surface area contributed by atoms with E-state index in [0.29, 0.717) is 16.9 Å². The summed E-state index contributed by atoms with van der Waals surface area (Å²) in [5, 5.41) is 11.2. The maximum Gasteiger partial charge on any atom is 0.329 e. The summed E-state index contributed by atoms with van der Waals surface area (Å²) in [6.45, 7) is 0. The lowest BCUT2D eigenvalue weighted by Crippen LogP contribution is -2.32. The monoisotopic (exact) mass is 517 g/mol. The second kappa shape index (κ2) is 10.6. The van der Waals surface area contributed by atoms with Crippen LogP contribution in [0.2, 0.25) is 0 Å². The first-order valence-corrected chi connectivity index (χ1v) is 11.0. The number of hydrazone groups is 1. The van der Waals surface area contributed by atoms with Crippen molar-refractivity contribution in [2.24, 2.45) is 5.10 Å². The summed E-state index contributed by atoms with van der Waals surface area (Å²) in [4.78, 5) is 24.3. The van der Waals surface area contributed by atoms with Gasteiger partial charge in [0, 0.05) is 27.5 Å². The normalized spacial score (nSPS) is 10.8. The van der Waals surface area contributed by atoms with Gasteiger partial charge in [0.1, 0.15) is 11.4 Å². The van der Waals surface area contributed by atoms with Crippen molar-refractivity contribution in [3.63, 3.8) is 0 Å². The molecule has 0 fully saturated rings. The number of benzene rings is 3. The quantitative estimate of drug-likeness (QED) is 0.225. The molecule has 0 bridgehead atoms. The lowest BCUT2D eigenvalue weighted by molar-refractivity contribution is -0.136. The van der Waals surface area contributed by atoms with Gasteiger partial charge in [-0.25, -0.2) is 10.1 Å². The van der Waals surface area contributed by atoms with Gasteiger partial charge in [-0.15, -0.1) is 0 Å². The Hall–Kier alpha value is -4.24. The molecule has 0 aliphatic rings. The van der Waals surface area contributed by atoms with Crippen molar-refractivity contribution in [1.29, 1.82) is 0 Å². The van der Waals surface area contributed by atoms with Crippen LogP contribution in [0, 0.1) is 0 Å². The number of nitrogens with zero attached hydrogens (tertiary/aromatic N) is 3. The molecular weight excluding hydrogens is 498 g/mol. The number of methoxy groups -OCH3 is 1. The summed E-state index contributed by atoms with van der Waals surface area (Å²) in [5.74, 6) is -0.985. The topological polar surface area (TPSA) is 97.6 Å². The molecule has 4 rings (SSSR count). The minimum atomic E-state index is -0.888. The third-order valence-electron chi connectivity index (χ3n) is 4.80. The molecule has 2 amide bonds. The predicted molar refractivity (Wildman–Crippen MR) is 134 cm³/mol. The number of carbonyl (C=O) groups excluding carboxylic acids is 2. The molecule has 1 heterocycles. The van der Waals surface area contributed by atoms with E-state index in [1.54, 1.807) is 42.3 Å². The molecule has 2 N–H and O–H groups in total. The fourth-order valence-corrected chi connectivity index (χ4v) is 3.36. The van der Waals surface area contributed by atoms with Crippen LogP contribution in [0.1, 0.15) is 5.56 Å². The number of carbonyl (C=O) groups is 2. The number of anilines is 1.